The first-order valence-corrected chi connectivity index (χ1v) is 12.9. The molecule has 0 radical (unpaired) electrons. The molecule has 4 rings (SSSR count). The summed E-state index contributed by atoms with van der Waals surface area (Å²) in [6.07, 6.45) is 6.66. The molecule has 2 saturated heterocycles. The summed E-state index contributed by atoms with van der Waals surface area (Å²) in [6, 6.07) is 3.67. The fraction of sp³-hybridized carbons (Fsp3) is 0.704. The van der Waals surface area contributed by atoms with Crippen molar-refractivity contribution in [2.75, 3.05) is 39.3 Å². The third kappa shape index (κ3) is 5.61. The molecule has 3 aliphatic rings. The lowest BCUT2D eigenvalue weighted by Gasteiger charge is -2.37. The number of halogens is 2. The van der Waals surface area contributed by atoms with Crippen LogP contribution < -0.4 is 0 Å². The number of carbonyl (C=O) groups is 2. The van der Waals surface area contributed by atoms with Gasteiger partial charge in [-0.15, -0.1) is 0 Å². The highest BCUT2D eigenvalue weighted by Crippen LogP contribution is 2.38. The van der Waals surface area contributed by atoms with Gasteiger partial charge in [-0.25, -0.2) is 8.78 Å². The molecular formula is C27H39F2N3O2. The molecule has 0 N–H and O–H groups in total. The van der Waals surface area contributed by atoms with Crippen LogP contribution >= 0.6 is 0 Å². The van der Waals surface area contributed by atoms with E-state index in [-0.39, 0.29) is 29.2 Å². The van der Waals surface area contributed by atoms with Crippen LogP contribution in [0.5, 0.6) is 0 Å². The van der Waals surface area contributed by atoms with Gasteiger partial charge in [-0.05, 0) is 44.7 Å². The zero-order valence-corrected chi connectivity index (χ0v) is 20.9. The molecule has 7 heteroatoms. The van der Waals surface area contributed by atoms with Crippen molar-refractivity contribution >= 4 is 11.8 Å². The molecule has 5 nitrogen and oxygen atoms in total. The Morgan fingerprint density at radius 1 is 0.971 bits per heavy atom. The van der Waals surface area contributed by atoms with E-state index in [1.807, 2.05) is 9.80 Å². The van der Waals surface area contributed by atoms with Crippen molar-refractivity contribution in [2.24, 2.45) is 11.8 Å². The first kappa shape index (κ1) is 25.1. The van der Waals surface area contributed by atoms with Crippen LogP contribution in [0.2, 0.25) is 0 Å². The first-order chi connectivity index (χ1) is 16.1. The van der Waals surface area contributed by atoms with E-state index in [4.69, 9.17) is 0 Å². The van der Waals surface area contributed by atoms with Crippen LogP contribution in [0.25, 0.3) is 0 Å². The van der Waals surface area contributed by atoms with Crippen LogP contribution in [0.15, 0.2) is 18.2 Å². The van der Waals surface area contributed by atoms with Crippen molar-refractivity contribution < 1.29 is 18.4 Å². The summed E-state index contributed by atoms with van der Waals surface area (Å²) in [5.74, 6) is -0.991. The molecule has 1 saturated carbocycles. The number of piperazine rings is 1. The van der Waals surface area contributed by atoms with Crippen LogP contribution in [0.4, 0.5) is 8.78 Å². The zero-order chi connectivity index (χ0) is 24.5. The average molecular weight is 476 g/mol. The third-order valence-corrected chi connectivity index (χ3v) is 8.13. The van der Waals surface area contributed by atoms with Gasteiger partial charge < -0.3 is 9.80 Å². The Hall–Kier alpha value is -2.02. The van der Waals surface area contributed by atoms with Gasteiger partial charge in [0.25, 0.3) is 0 Å². The van der Waals surface area contributed by atoms with Crippen LogP contribution in [-0.4, -0.2) is 71.3 Å². The van der Waals surface area contributed by atoms with Crippen molar-refractivity contribution in [3.8, 4) is 0 Å². The third-order valence-electron chi connectivity index (χ3n) is 8.13. The molecular weight excluding hydrogens is 436 g/mol. The molecule has 1 aliphatic carbocycles. The van der Waals surface area contributed by atoms with E-state index in [1.54, 1.807) is 0 Å². The van der Waals surface area contributed by atoms with Gasteiger partial charge in [0.2, 0.25) is 11.8 Å². The molecule has 0 aromatic heterocycles. The number of benzene rings is 1. The Kier molecular flexibility index (Phi) is 7.60. The Labute approximate surface area is 202 Å². The molecule has 2 heterocycles. The van der Waals surface area contributed by atoms with E-state index in [2.05, 4.69) is 25.7 Å². The van der Waals surface area contributed by atoms with Gasteiger partial charge >= 0.3 is 0 Å². The minimum Gasteiger partial charge on any atom is -0.339 e. The van der Waals surface area contributed by atoms with Crippen LogP contribution in [0.3, 0.4) is 0 Å². The van der Waals surface area contributed by atoms with Gasteiger partial charge in [0, 0.05) is 63.2 Å². The van der Waals surface area contributed by atoms with Gasteiger partial charge in [0.1, 0.15) is 11.6 Å². The molecule has 0 unspecified atom stereocenters. The van der Waals surface area contributed by atoms with E-state index in [0.717, 1.165) is 12.5 Å². The summed E-state index contributed by atoms with van der Waals surface area (Å²) in [7, 11) is 0. The number of rotatable bonds is 5. The summed E-state index contributed by atoms with van der Waals surface area (Å²) in [6.45, 7) is 9.51. The summed E-state index contributed by atoms with van der Waals surface area (Å²) >= 11 is 0. The highest BCUT2D eigenvalue weighted by atomic mass is 19.1. The van der Waals surface area contributed by atoms with Crippen molar-refractivity contribution in [1.82, 2.24) is 14.7 Å². The van der Waals surface area contributed by atoms with Crippen LogP contribution in [0, 0.1) is 23.5 Å². The number of carbonyl (C=O) groups excluding carboxylic acids is 2. The van der Waals surface area contributed by atoms with Crippen molar-refractivity contribution in [3.05, 3.63) is 35.4 Å². The standard InChI is InChI=1S/C27H39F2N3O2/c1-27(2,3)32-17-22(21-10-9-20(28)16-24(21)29)23(18-32)26(34)31-14-12-30(13-15-31)25(33)11-8-19-6-4-5-7-19/h9-10,16,19,22-23H,4-8,11-15,17-18H2,1-3H3/t22-,23+/m0/s1. The van der Waals surface area contributed by atoms with E-state index >= 15 is 0 Å². The lowest BCUT2D eigenvalue weighted by molar-refractivity contribution is -0.142. The molecule has 2 amide bonds. The summed E-state index contributed by atoms with van der Waals surface area (Å²) < 4.78 is 28.2. The smallest absolute Gasteiger partial charge is 0.227 e. The number of hydrogen-bond donors (Lipinski definition) is 0. The Morgan fingerprint density at radius 3 is 2.24 bits per heavy atom. The van der Waals surface area contributed by atoms with E-state index in [1.165, 1.54) is 37.8 Å². The van der Waals surface area contributed by atoms with Gasteiger partial charge in [-0.1, -0.05) is 31.7 Å². The predicted octanol–water partition coefficient (Wildman–Crippen LogP) is 4.42. The Balaban J connectivity index is 1.39. The molecule has 3 fully saturated rings. The van der Waals surface area contributed by atoms with Gasteiger partial charge in [-0.2, -0.15) is 0 Å². The Morgan fingerprint density at radius 2 is 1.62 bits per heavy atom. The van der Waals surface area contributed by atoms with Crippen molar-refractivity contribution in [1.29, 1.82) is 0 Å². The van der Waals surface area contributed by atoms with Crippen LogP contribution in [-0.2, 0) is 9.59 Å². The topological polar surface area (TPSA) is 43.9 Å². The normalized spacial score (nSPS) is 24.7. The second-order valence-electron chi connectivity index (χ2n) is 11.3. The second-order valence-corrected chi connectivity index (χ2v) is 11.3. The highest BCUT2D eigenvalue weighted by Gasteiger charge is 2.44. The molecule has 2 aliphatic heterocycles. The average Bonchev–Trinajstić information content (AvgIpc) is 3.47. The van der Waals surface area contributed by atoms with Gasteiger partial charge in [0.15, 0.2) is 0 Å². The maximum Gasteiger partial charge on any atom is 0.227 e. The minimum absolute atomic E-state index is 0.0125. The molecule has 2 atom stereocenters. The number of nitrogens with zero attached hydrogens (tertiary/aromatic N) is 3. The maximum atomic E-state index is 14.7. The van der Waals surface area contributed by atoms with E-state index in [0.29, 0.717) is 57.2 Å². The molecule has 1 aromatic carbocycles. The number of hydrogen-bond acceptors (Lipinski definition) is 3. The predicted molar refractivity (Wildman–Crippen MR) is 128 cm³/mol. The second kappa shape index (κ2) is 10.3. The monoisotopic (exact) mass is 475 g/mol. The van der Waals surface area contributed by atoms with E-state index < -0.39 is 11.6 Å². The molecule has 34 heavy (non-hydrogen) atoms. The first-order valence-electron chi connectivity index (χ1n) is 12.9. The fourth-order valence-electron chi connectivity index (χ4n) is 5.91. The van der Waals surface area contributed by atoms with Crippen molar-refractivity contribution in [2.45, 2.75) is 70.8 Å². The molecule has 0 spiro atoms. The lowest BCUT2D eigenvalue weighted by atomic mass is 9.87. The van der Waals surface area contributed by atoms with Crippen molar-refractivity contribution in [3.63, 3.8) is 0 Å². The van der Waals surface area contributed by atoms with E-state index in [9.17, 15) is 18.4 Å². The fourth-order valence-corrected chi connectivity index (χ4v) is 5.91. The van der Waals surface area contributed by atoms with Crippen LogP contribution in [0.1, 0.15) is 70.8 Å². The number of amides is 2. The lowest BCUT2D eigenvalue weighted by Crippen LogP contribution is -2.52. The molecule has 1 aromatic rings. The largest absolute Gasteiger partial charge is 0.339 e. The Bertz CT molecular complexity index is 886. The quantitative estimate of drug-likeness (QED) is 0.633. The summed E-state index contributed by atoms with van der Waals surface area (Å²) in [4.78, 5) is 32.2. The molecule has 0 bridgehead atoms. The summed E-state index contributed by atoms with van der Waals surface area (Å²) in [5.41, 5.74) is 0.251. The zero-order valence-electron chi connectivity index (χ0n) is 20.9. The minimum atomic E-state index is -0.608. The highest BCUT2D eigenvalue weighted by molar-refractivity contribution is 5.81. The summed E-state index contributed by atoms with van der Waals surface area (Å²) in [5, 5.41) is 0. The molecule has 188 valence electrons. The van der Waals surface area contributed by atoms with Gasteiger partial charge in [-0.3, -0.25) is 14.5 Å². The van der Waals surface area contributed by atoms with Gasteiger partial charge in [0.05, 0.1) is 5.92 Å². The SMILES string of the molecule is CC(C)(C)N1C[C@@H](C(=O)N2CCN(C(=O)CCC3CCCC3)CC2)[C@H](c2ccc(F)cc2F)C1. The number of likely N-dealkylation sites (tertiary alicyclic amines) is 1. The maximum absolute atomic E-state index is 14.7.